The zero-order valence-corrected chi connectivity index (χ0v) is 8.39. The Bertz CT molecular complexity index is 286. The summed E-state index contributed by atoms with van der Waals surface area (Å²) < 4.78 is 5.27. The van der Waals surface area contributed by atoms with Gasteiger partial charge in [-0.3, -0.25) is 0 Å². The van der Waals surface area contributed by atoms with Gasteiger partial charge in [0.05, 0.1) is 6.61 Å². The molecule has 0 bridgehead atoms. The fourth-order valence-corrected chi connectivity index (χ4v) is 0.930. The number of hydrogen-bond acceptors (Lipinski definition) is 4. The Balaban J connectivity index is 0.000000921. The lowest BCUT2D eigenvalue weighted by atomic mass is 10.3. The molecule has 0 radical (unpaired) electrons. The number of aromatic hydroxyl groups is 1. The molecule has 0 heterocycles. The highest BCUT2D eigenvalue weighted by atomic mass is 16.5. The molecule has 1 rings (SSSR count). The van der Waals surface area contributed by atoms with Crippen molar-refractivity contribution >= 4 is 13.1 Å². The molecule has 1 aromatic rings. The van der Waals surface area contributed by atoms with E-state index in [0.29, 0.717) is 25.2 Å². The number of unbranched alkanes of at least 4 members (excludes halogenated alkanes) is 1. The zero-order chi connectivity index (χ0) is 11.5. The predicted octanol–water partition coefficient (Wildman–Crippen LogP) is 1.57. The number of phenols is 1. The molecule has 0 spiro atoms. The van der Waals surface area contributed by atoms with E-state index >= 15 is 0 Å². The molecular weight excluding hydrogens is 196 g/mol. The summed E-state index contributed by atoms with van der Waals surface area (Å²) >= 11 is 0. The second kappa shape index (κ2) is 8.74. The van der Waals surface area contributed by atoms with E-state index in [1.807, 2.05) is 6.79 Å². The van der Waals surface area contributed by atoms with Crippen molar-refractivity contribution in [3.05, 3.63) is 24.3 Å². The van der Waals surface area contributed by atoms with Crippen molar-refractivity contribution in [2.24, 2.45) is 0 Å². The molecule has 4 heteroatoms. The van der Waals surface area contributed by atoms with Gasteiger partial charge < -0.3 is 19.4 Å². The lowest BCUT2D eigenvalue weighted by molar-refractivity contribution is -0.108. The van der Waals surface area contributed by atoms with Crippen LogP contribution in [-0.2, 0) is 9.59 Å². The molecule has 0 atom stereocenters. The van der Waals surface area contributed by atoms with Gasteiger partial charge in [0.2, 0.25) is 0 Å². The van der Waals surface area contributed by atoms with Crippen LogP contribution in [0, 0.1) is 0 Å². The molecule has 0 saturated carbocycles. The smallest absolute Gasteiger partial charge is 0.122 e. The van der Waals surface area contributed by atoms with Gasteiger partial charge in [-0.25, -0.2) is 0 Å². The molecule has 0 amide bonds. The van der Waals surface area contributed by atoms with Crippen LogP contribution in [0.4, 0.5) is 0 Å². The summed E-state index contributed by atoms with van der Waals surface area (Å²) in [6.45, 7) is 2.50. The van der Waals surface area contributed by atoms with Crippen LogP contribution in [0.3, 0.4) is 0 Å². The van der Waals surface area contributed by atoms with Crippen LogP contribution in [-0.4, -0.2) is 24.8 Å². The highest BCUT2D eigenvalue weighted by molar-refractivity contribution is 5.49. The molecule has 0 aliphatic heterocycles. The summed E-state index contributed by atoms with van der Waals surface area (Å²) in [5.74, 6) is 0.818. The third-order valence-corrected chi connectivity index (χ3v) is 1.55. The van der Waals surface area contributed by atoms with Crippen LogP contribution in [0.1, 0.15) is 12.8 Å². The first kappa shape index (κ1) is 13.2. The molecule has 0 aliphatic carbocycles. The van der Waals surface area contributed by atoms with E-state index in [1.165, 1.54) is 0 Å². The van der Waals surface area contributed by atoms with Crippen LogP contribution in [0.5, 0.6) is 11.5 Å². The molecule has 0 unspecified atom stereocenters. The SMILES string of the molecule is C=O.O=CCCCOc1cccc(O)c1. The average Bonchev–Trinajstić information content (AvgIpc) is 2.27. The first-order chi connectivity index (χ1) is 7.33. The fourth-order valence-electron chi connectivity index (χ4n) is 0.930. The Hall–Kier alpha value is -1.84. The maximum absolute atomic E-state index is 9.97. The minimum Gasteiger partial charge on any atom is -0.508 e. The Kier molecular flexibility index (Phi) is 7.67. The standard InChI is InChI=1S/C10H12O3.CH2O/c11-6-1-2-7-13-10-5-3-4-9(12)8-10;1-2/h3-6,8,12H,1-2,7H2;1H2. The van der Waals surface area contributed by atoms with Gasteiger partial charge in [-0.15, -0.1) is 0 Å². The molecule has 4 nitrogen and oxygen atoms in total. The van der Waals surface area contributed by atoms with Crippen LogP contribution in [0.2, 0.25) is 0 Å². The third-order valence-electron chi connectivity index (χ3n) is 1.55. The summed E-state index contributed by atoms with van der Waals surface area (Å²) in [5.41, 5.74) is 0. The van der Waals surface area contributed by atoms with Crippen molar-refractivity contribution in [2.75, 3.05) is 6.61 Å². The molecule has 1 aromatic carbocycles. The Labute approximate surface area is 88.5 Å². The lowest BCUT2D eigenvalue weighted by Crippen LogP contribution is -1.96. The van der Waals surface area contributed by atoms with E-state index in [2.05, 4.69) is 0 Å². The minimum atomic E-state index is 0.188. The summed E-state index contributed by atoms with van der Waals surface area (Å²) in [4.78, 5) is 18.0. The number of hydrogen-bond donors (Lipinski definition) is 1. The molecule has 15 heavy (non-hydrogen) atoms. The number of benzene rings is 1. The Morgan fingerprint density at radius 1 is 1.40 bits per heavy atom. The van der Waals surface area contributed by atoms with Crippen molar-refractivity contribution in [2.45, 2.75) is 12.8 Å². The average molecular weight is 210 g/mol. The molecule has 0 aromatic heterocycles. The van der Waals surface area contributed by atoms with E-state index in [9.17, 15) is 4.79 Å². The number of carbonyl (C=O) groups excluding carboxylic acids is 2. The van der Waals surface area contributed by atoms with Gasteiger partial charge in [-0.05, 0) is 18.6 Å². The van der Waals surface area contributed by atoms with Gasteiger partial charge in [0.1, 0.15) is 24.6 Å². The predicted molar refractivity (Wildman–Crippen MR) is 56.0 cm³/mol. The molecule has 0 saturated heterocycles. The summed E-state index contributed by atoms with van der Waals surface area (Å²) in [6.07, 6.45) is 2.09. The number of rotatable bonds is 5. The minimum absolute atomic E-state index is 0.188. The zero-order valence-electron chi connectivity index (χ0n) is 8.39. The quantitative estimate of drug-likeness (QED) is 0.591. The maximum Gasteiger partial charge on any atom is 0.122 e. The van der Waals surface area contributed by atoms with Gasteiger partial charge in [0.25, 0.3) is 0 Å². The number of phenolic OH excluding ortho intramolecular Hbond substituents is 1. The van der Waals surface area contributed by atoms with Crippen LogP contribution in [0.15, 0.2) is 24.3 Å². The van der Waals surface area contributed by atoms with Crippen molar-refractivity contribution in [3.8, 4) is 11.5 Å². The van der Waals surface area contributed by atoms with Crippen molar-refractivity contribution in [1.82, 2.24) is 0 Å². The first-order valence-corrected chi connectivity index (χ1v) is 4.47. The molecule has 0 aliphatic rings. The number of aldehydes is 1. The molecule has 0 fully saturated rings. The summed E-state index contributed by atoms with van der Waals surface area (Å²) in [5, 5.41) is 9.08. The second-order valence-corrected chi connectivity index (χ2v) is 2.65. The van der Waals surface area contributed by atoms with Gasteiger partial charge in [0.15, 0.2) is 0 Å². The van der Waals surface area contributed by atoms with E-state index in [1.54, 1.807) is 24.3 Å². The van der Waals surface area contributed by atoms with Crippen molar-refractivity contribution < 1.29 is 19.4 Å². The topological polar surface area (TPSA) is 63.6 Å². The number of ether oxygens (including phenoxy) is 1. The fraction of sp³-hybridized carbons (Fsp3) is 0.273. The molecular formula is C11H14O4. The lowest BCUT2D eigenvalue weighted by Gasteiger charge is -2.04. The van der Waals surface area contributed by atoms with Crippen LogP contribution >= 0.6 is 0 Å². The molecule has 82 valence electrons. The Morgan fingerprint density at radius 2 is 2.13 bits per heavy atom. The third kappa shape index (κ3) is 6.26. The van der Waals surface area contributed by atoms with Crippen molar-refractivity contribution in [3.63, 3.8) is 0 Å². The van der Waals surface area contributed by atoms with Gasteiger partial charge in [0, 0.05) is 12.5 Å². The van der Waals surface area contributed by atoms with Gasteiger partial charge in [-0.1, -0.05) is 6.07 Å². The molecule has 1 N–H and O–H groups in total. The second-order valence-electron chi connectivity index (χ2n) is 2.65. The first-order valence-electron chi connectivity index (χ1n) is 4.47. The van der Waals surface area contributed by atoms with E-state index in [-0.39, 0.29) is 5.75 Å². The van der Waals surface area contributed by atoms with E-state index < -0.39 is 0 Å². The highest BCUT2D eigenvalue weighted by Crippen LogP contribution is 2.17. The van der Waals surface area contributed by atoms with Crippen LogP contribution < -0.4 is 4.74 Å². The van der Waals surface area contributed by atoms with E-state index in [4.69, 9.17) is 14.6 Å². The van der Waals surface area contributed by atoms with E-state index in [0.717, 1.165) is 6.29 Å². The van der Waals surface area contributed by atoms with Crippen LogP contribution in [0.25, 0.3) is 0 Å². The van der Waals surface area contributed by atoms with Crippen molar-refractivity contribution in [1.29, 1.82) is 0 Å². The van der Waals surface area contributed by atoms with Gasteiger partial charge >= 0.3 is 0 Å². The van der Waals surface area contributed by atoms with Gasteiger partial charge in [-0.2, -0.15) is 0 Å². The summed E-state index contributed by atoms with van der Waals surface area (Å²) in [6, 6.07) is 6.60. The monoisotopic (exact) mass is 210 g/mol. The normalized spacial score (nSPS) is 8.53. The highest BCUT2D eigenvalue weighted by Gasteiger charge is 1.94. The summed E-state index contributed by atoms with van der Waals surface area (Å²) in [7, 11) is 0. The number of carbonyl (C=O) groups is 2. The maximum atomic E-state index is 9.97. The Morgan fingerprint density at radius 3 is 2.73 bits per heavy atom. The largest absolute Gasteiger partial charge is 0.508 e.